The molecular weight excluding hydrogens is 315 g/mol. The summed E-state index contributed by atoms with van der Waals surface area (Å²) in [5, 5.41) is 8.45. The van der Waals surface area contributed by atoms with E-state index in [1.165, 1.54) is 6.07 Å². The first-order chi connectivity index (χ1) is 12.2. The zero-order valence-electron chi connectivity index (χ0n) is 13.6. The second-order valence-corrected chi connectivity index (χ2v) is 5.79. The summed E-state index contributed by atoms with van der Waals surface area (Å²) < 4.78 is 15.1. The second kappa shape index (κ2) is 6.28. The maximum atomic E-state index is 13.3. The van der Waals surface area contributed by atoms with E-state index in [0.717, 1.165) is 33.6 Å². The Bertz CT molecular complexity index is 1020. The summed E-state index contributed by atoms with van der Waals surface area (Å²) >= 11 is 0. The van der Waals surface area contributed by atoms with Crippen molar-refractivity contribution in [1.29, 1.82) is 0 Å². The van der Waals surface area contributed by atoms with Gasteiger partial charge in [0.05, 0.1) is 11.9 Å². The Kier molecular flexibility index (Phi) is 3.82. The maximum absolute atomic E-state index is 13.3. The summed E-state index contributed by atoms with van der Waals surface area (Å²) in [6, 6.07) is 16.6. The lowest BCUT2D eigenvalue weighted by Gasteiger charge is -2.07. The van der Waals surface area contributed by atoms with Crippen molar-refractivity contribution in [3.63, 3.8) is 0 Å². The summed E-state index contributed by atoms with van der Waals surface area (Å²) in [4.78, 5) is 4.01. The lowest BCUT2D eigenvalue weighted by Crippen LogP contribution is -1.94. The van der Waals surface area contributed by atoms with Gasteiger partial charge in [0.15, 0.2) is 0 Å². The second-order valence-electron chi connectivity index (χ2n) is 5.79. The standard InChI is InChI=1S/C20H15FN4/c1-14-11-17(21)5-6-19(14)15-3-2-4-16(12-15)20-13-25(24-23-20)18-7-9-22-10-8-18/h2-13H,1H3. The molecule has 0 unspecified atom stereocenters. The SMILES string of the molecule is Cc1cc(F)ccc1-c1cccc(-c2cn(-c3ccncc3)nn2)c1. The Morgan fingerprint density at radius 2 is 1.72 bits per heavy atom. The third kappa shape index (κ3) is 3.04. The highest BCUT2D eigenvalue weighted by Crippen LogP contribution is 2.28. The molecule has 4 aromatic rings. The zero-order valence-corrected chi connectivity index (χ0v) is 13.6. The van der Waals surface area contributed by atoms with Crippen molar-refractivity contribution in [2.45, 2.75) is 6.92 Å². The minimum Gasteiger partial charge on any atom is -0.265 e. The summed E-state index contributed by atoms with van der Waals surface area (Å²) in [6.45, 7) is 1.91. The van der Waals surface area contributed by atoms with E-state index in [4.69, 9.17) is 0 Å². The highest BCUT2D eigenvalue weighted by atomic mass is 19.1. The highest BCUT2D eigenvalue weighted by Gasteiger charge is 2.08. The number of halogens is 1. The van der Waals surface area contributed by atoms with E-state index in [0.29, 0.717) is 0 Å². The molecule has 0 radical (unpaired) electrons. The average molecular weight is 330 g/mol. The van der Waals surface area contributed by atoms with E-state index in [1.54, 1.807) is 29.2 Å². The number of aryl methyl sites for hydroxylation is 1. The van der Waals surface area contributed by atoms with Gasteiger partial charge in [-0.2, -0.15) is 0 Å². The highest BCUT2D eigenvalue weighted by molar-refractivity contribution is 5.73. The van der Waals surface area contributed by atoms with Crippen LogP contribution in [0.15, 0.2) is 73.2 Å². The van der Waals surface area contributed by atoms with Crippen LogP contribution in [0.1, 0.15) is 5.56 Å². The van der Waals surface area contributed by atoms with Crippen LogP contribution in [0.4, 0.5) is 4.39 Å². The normalized spacial score (nSPS) is 10.8. The maximum Gasteiger partial charge on any atom is 0.123 e. The topological polar surface area (TPSA) is 43.6 Å². The molecule has 2 heterocycles. The molecule has 0 amide bonds. The van der Waals surface area contributed by atoms with Gasteiger partial charge in [0.2, 0.25) is 0 Å². The van der Waals surface area contributed by atoms with Crippen LogP contribution in [0.25, 0.3) is 28.1 Å². The average Bonchev–Trinajstić information content (AvgIpc) is 3.13. The van der Waals surface area contributed by atoms with Crippen LogP contribution in [0.2, 0.25) is 0 Å². The largest absolute Gasteiger partial charge is 0.265 e. The number of aromatic nitrogens is 4. The third-order valence-electron chi connectivity index (χ3n) is 4.08. The number of pyridine rings is 1. The molecule has 25 heavy (non-hydrogen) atoms. The monoisotopic (exact) mass is 330 g/mol. The molecule has 0 spiro atoms. The molecule has 0 fully saturated rings. The van der Waals surface area contributed by atoms with Gasteiger partial charge in [-0.3, -0.25) is 4.98 Å². The van der Waals surface area contributed by atoms with Crippen LogP contribution in [-0.4, -0.2) is 20.0 Å². The summed E-state index contributed by atoms with van der Waals surface area (Å²) in [6.07, 6.45) is 5.31. The number of benzene rings is 2. The first kappa shape index (κ1) is 15.2. The van der Waals surface area contributed by atoms with Crippen LogP contribution in [0.5, 0.6) is 0 Å². The molecule has 5 heteroatoms. The number of rotatable bonds is 3. The van der Waals surface area contributed by atoms with Crippen molar-refractivity contribution in [2.24, 2.45) is 0 Å². The minimum atomic E-state index is -0.224. The van der Waals surface area contributed by atoms with Crippen molar-refractivity contribution in [2.75, 3.05) is 0 Å². The lowest BCUT2D eigenvalue weighted by molar-refractivity contribution is 0.627. The minimum absolute atomic E-state index is 0.224. The summed E-state index contributed by atoms with van der Waals surface area (Å²) in [5.41, 5.74) is 5.56. The fraction of sp³-hybridized carbons (Fsp3) is 0.0500. The van der Waals surface area contributed by atoms with Crippen molar-refractivity contribution >= 4 is 0 Å². The predicted molar refractivity (Wildman–Crippen MR) is 94.7 cm³/mol. The molecule has 122 valence electrons. The van der Waals surface area contributed by atoms with E-state index < -0.39 is 0 Å². The van der Waals surface area contributed by atoms with Gasteiger partial charge < -0.3 is 0 Å². The Hall–Kier alpha value is -3.34. The van der Waals surface area contributed by atoms with Gasteiger partial charge in [-0.15, -0.1) is 5.10 Å². The molecular formula is C20H15FN4. The van der Waals surface area contributed by atoms with Crippen LogP contribution in [-0.2, 0) is 0 Å². The van der Waals surface area contributed by atoms with Crippen LogP contribution in [0, 0.1) is 12.7 Å². The van der Waals surface area contributed by atoms with Crippen LogP contribution >= 0.6 is 0 Å². The molecule has 0 aliphatic rings. The molecule has 0 saturated carbocycles. The number of hydrogen-bond donors (Lipinski definition) is 0. The van der Waals surface area contributed by atoms with Gasteiger partial charge in [0.1, 0.15) is 11.5 Å². The Labute approximate surface area is 144 Å². The predicted octanol–water partition coefficient (Wildman–Crippen LogP) is 4.44. The molecule has 0 aliphatic carbocycles. The molecule has 2 aromatic carbocycles. The van der Waals surface area contributed by atoms with E-state index >= 15 is 0 Å². The van der Waals surface area contributed by atoms with Gasteiger partial charge in [-0.25, -0.2) is 9.07 Å². The van der Waals surface area contributed by atoms with E-state index in [2.05, 4.69) is 15.3 Å². The third-order valence-corrected chi connectivity index (χ3v) is 4.08. The molecule has 0 bridgehead atoms. The Balaban J connectivity index is 1.72. The van der Waals surface area contributed by atoms with Gasteiger partial charge in [0, 0.05) is 18.0 Å². The van der Waals surface area contributed by atoms with Gasteiger partial charge in [0.25, 0.3) is 0 Å². The molecule has 0 N–H and O–H groups in total. The molecule has 0 aliphatic heterocycles. The lowest BCUT2D eigenvalue weighted by atomic mass is 9.98. The van der Waals surface area contributed by atoms with Crippen LogP contribution < -0.4 is 0 Å². The molecule has 0 saturated heterocycles. The quantitative estimate of drug-likeness (QED) is 0.557. The van der Waals surface area contributed by atoms with Gasteiger partial charge >= 0.3 is 0 Å². The van der Waals surface area contributed by atoms with Gasteiger partial charge in [-0.1, -0.05) is 29.5 Å². The Morgan fingerprint density at radius 3 is 2.52 bits per heavy atom. The number of nitrogens with zero attached hydrogens (tertiary/aromatic N) is 4. The van der Waals surface area contributed by atoms with Crippen molar-refractivity contribution in [1.82, 2.24) is 20.0 Å². The number of hydrogen-bond acceptors (Lipinski definition) is 3. The smallest absolute Gasteiger partial charge is 0.123 e. The van der Waals surface area contributed by atoms with Crippen molar-refractivity contribution in [3.8, 4) is 28.1 Å². The Morgan fingerprint density at radius 1 is 0.920 bits per heavy atom. The van der Waals surface area contributed by atoms with Crippen LogP contribution in [0.3, 0.4) is 0 Å². The fourth-order valence-corrected chi connectivity index (χ4v) is 2.82. The van der Waals surface area contributed by atoms with E-state index in [-0.39, 0.29) is 5.82 Å². The summed E-state index contributed by atoms with van der Waals surface area (Å²) in [7, 11) is 0. The molecule has 2 aromatic heterocycles. The molecule has 4 rings (SSSR count). The van der Waals surface area contributed by atoms with E-state index in [9.17, 15) is 4.39 Å². The first-order valence-electron chi connectivity index (χ1n) is 7.90. The van der Waals surface area contributed by atoms with Crippen molar-refractivity contribution < 1.29 is 4.39 Å². The van der Waals surface area contributed by atoms with Gasteiger partial charge in [-0.05, 0) is 53.9 Å². The van der Waals surface area contributed by atoms with Crippen molar-refractivity contribution in [3.05, 3.63) is 84.6 Å². The molecule has 4 nitrogen and oxygen atoms in total. The fourth-order valence-electron chi connectivity index (χ4n) is 2.82. The zero-order chi connectivity index (χ0) is 17.2. The molecule has 0 atom stereocenters. The summed E-state index contributed by atoms with van der Waals surface area (Å²) in [5.74, 6) is -0.224. The first-order valence-corrected chi connectivity index (χ1v) is 7.90. The van der Waals surface area contributed by atoms with E-state index in [1.807, 2.05) is 49.5 Å².